The first-order chi connectivity index (χ1) is 8.33. The van der Waals surface area contributed by atoms with Gasteiger partial charge in [-0.3, -0.25) is 4.90 Å². The third kappa shape index (κ3) is 2.82. The fourth-order valence-electron chi connectivity index (χ4n) is 3.88. The molecule has 1 saturated carbocycles. The molecule has 1 heterocycles. The van der Waals surface area contributed by atoms with Crippen LogP contribution in [0.5, 0.6) is 0 Å². The van der Waals surface area contributed by atoms with Crippen LogP contribution in [0.25, 0.3) is 0 Å². The standard InChI is InChI=1S/C14H28N2S/c1-2-13-6-3-4-7-14(13,12-15)16-8-5-10-17-11-9-16/h13H,2-12,15H2,1H3. The quantitative estimate of drug-likeness (QED) is 0.842. The van der Waals surface area contributed by atoms with Crippen molar-refractivity contribution in [2.75, 3.05) is 31.1 Å². The van der Waals surface area contributed by atoms with E-state index >= 15 is 0 Å². The summed E-state index contributed by atoms with van der Waals surface area (Å²) < 4.78 is 0. The summed E-state index contributed by atoms with van der Waals surface area (Å²) in [6.07, 6.45) is 8.20. The summed E-state index contributed by atoms with van der Waals surface area (Å²) in [5.41, 5.74) is 6.58. The van der Waals surface area contributed by atoms with Gasteiger partial charge in [-0.25, -0.2) is 0 Å². The number of nitrogens with zero attached hydrogens (tertiary/aromatic N) is 1. The molecule has 2 nitrogen and oxygen atoms in total. The van der Waals surface area contributed by atoms with Crippen molar-refractivity contribution in [3.05, 3.63) is 0 Å². The maximum Gasteiger partial charge on any atom is 0.0360 e. The first-order valence-corrected chi connectivity index (χ1v) is 8.52. The maximum absolute atomic E-state index is 6.24. The van der Waals surface area contributed by atoms with E-state index in [1.807, 2.05) is 0 Å². The highest BCUT2D eigenvalue weighted by molar-refractivity contribution is 7.99. The van der Waals surface area contributed by atoms with Crippen LogP contribution in [0.3, 0.4) is 0 Å². The van der Waals surface area contributed by atoms with Crippen LogP contribution in [0.4, 0.5) is 0 Å². The lowest BCUT2D eigenvalue weighted by Crippen LogP contribution is -2.60. The molecule has 2 atom stereocenters. The molecule has 0 aromatic carbocycles. The third-order valence-electron chi connectivity index (χ3n) is 4.87. The highest BCUT2D eigenvalue weighted by Crippen LogP contribution is 2.40. The van der Waals surface area contributed by atoms with Gasteiger partial charge in [0.2, 0.25) is 0 Å². The van der Waals surface area contributed by atoms with E-state index in [1.54, 1.807) is 0 Å². The van der Waals surface area contributed by atoms with Crippen molar-refractivity contribution in [2.45, 2.75) is 51.0 Å². The summed E-state index contributed by atoms with van der Waals surface area (Å²) in [5, 5.41) is 0. The second-order valence-corrected chi connectivity index (χ2v) is 6.84. The van der Waals surface area contributed by atoms with Gasteiger partial charge in [-0.1, -0.05) is 26.2 Å². The molecule has 0 spiro atoms. The molecule has 0 bridgehead atoms. The first-order valence-electron chi connectivity index (χ1n) is 7.36. The second-order valence-electron chi connectivity index (χ2n) is 5.61. The minimum atomic E-state index is 0.345. The van der Waals surface area contributed by atoms with Crippen molar-refractivity contribution >= 4 is 11.8 Å². The summed E-state index contributed by atoms with van der Waals surface area (Å²) in [6, 6.07) is 0. The Morgan fingerprint density at radius 3 is 2.88 bits per heavy atom. The molecule has 100 valence electrons. The molecule has 3 heteroatoms. The molecule has 1 saturated heterocycles. The summed E-state index contributed by atoms with van der Waals surface area (Å²) >= 11 is 2.12. The van der Waals surface area contributed by atoms with Gasteiger partial charge < -0.3 is 5.73 Å². The zero-order valence-electron chi connectivity index (χ0n) is 11.3. The van der Waals surface area contributed by atoms with Crippen LogP contribution >= 0.6 is 11.8 Å². The second kappa shape index (κ2) is 6.44. The van der Waals surface area contributed by atoms with Crippen LogP contribution in [0.15, 0.2) is 0 Å². The van der Waals surface area contributed by atoms with E-state index in [-0.39, 0.29) is 0 Å². The van der Waals surface area contributed by atoms with Gasteiger partial charge in [-0.2, -0.15) is 11.8 Å². The Morgan fingerprint density at radius 1 is 1.24 bits per heavy atom. The Morgan fingerprint density at radius 2 is 2.12 bits per heavy atom. The molecule has 1 aliphatic heterocycles. The van der Waals surface area contributed by atoms with Crippen molar-refractivity contribution in [1.82, 2.24) is 4.90 Å². The topological polar surface area (TPSA) is 29.3 Å². The summed E-state index contributed by atoms with van der Waals surface area (Å²) in [4.78, 5) is 2.76. The summed E-state index contributed by atoms with van der Waals surface area (Å²) in [6.45, 7) is 5.77. The lowest BCUT2D eigenvalue weighted by Gasteiger charge is -2.51. The largest absolute Gasteiger partial charge is 0.329 e. The third-order valence-corrected chi connectivity index (χ3v) is 5.92. The van der Waals surface area contributed by atoms with Crippen LogP contribution in [0, 0.1) is 5.92 Å². The van der Waals surface area contributed by atoms with Gasteiger partial charge in [-0.15, -0.1) is 0 Å². The van der Waals surface area contributed by atoms with Crippen LogP contribution in [-0.2, 0) is 0 Å². The molecule has 2 fully saturated rings. The molecule has 2 aliphatic rings. The minimum Gasteiger partial charge on any atom is -0.329 e. The van der Waals surface area contributed by atoms with Gasteiger partial charge in [0.15, 0.2) is 0 Å². The molecule has 1 aliphatic carbocycles. The number of hydrogen-bond acceptors (Lipinski definition) is 3. The molecule has 2 N–H and O–H groups in total. The Balaban J connectivity index is 2.14. The molecular weight excluding hydrogens is 228 g/mol. The average molecular weight is 256 g/mol. The first kappa shape index (κ1) is 13.7. The van der Waals surface area contributed by atoms with Crippen LogP contribution in [0.2, 0.25) is 0 Å². The molecule has 2 unspecified atom stereocenters. The predicted octanol–water partition coefficient (Wildman–Crippen LogP) is 2.72. The van der Waals surface area contributed by atoms with Crippen LogP contribution in [0.1, 0.15) is 45.4 Å². The molecule has 0 aromatic heterocycles. The van der Waals surface area contributed by atoms with Gasteiger partial charge in [0.25, 0.3) is 0 Å². The molecule has 0 radical (unpaired) electrons. The van der Waals surface area contributed by atoms with E-state index in [2.05, 4.69) is 23.6 Å². The van der Waals surface area contributed by atoms with Gasteiger partial charge in [0.05, 0.1) is 0 Å². The lowest BCUT2D eigenvalue weighted by molar-refractivity contribution is 0.00942. The van der Waals surface area contributed by atoms with E-state index in [1.165, 1.54) is 63.1 Å². The Kier molecular flexibility index (Phi) is 5.19. The normalized spacial score (nSPS) is 36.7. The van der Waals surface area contributed by atoms with E-state index in [0.717, 1.165) is 12.5 Å². The summed E-state index contributed by atoms with van der Waals surface area (Å²) in [7, 11) is 0. The van der Waals surface area contributed by atoms with E-state index in [9.17, 15) is 0 Å². The molecule has 0 aromatic rings. The van der Waals surface area contributed by atoms with E-state index in [4.69, 9.17) is 5.73 Å². The lowest BCUT2D eigenvalue weighted by atomic mass is 9.70. The maximum atomic E-state index is 6.24. The Bertz CT molecular complexity index is 226. The van der Waals surface area contributed by atoms with Crippen molar-refractivity contribution in [2.24, 2.45) is 11.7 Å². The Labute approximate surface area is 111 Å². The fraction of sp³-hybridized carbons (Fsp3) is 1.00. The summed E-state index contributed by atoms with van der Waals surface area (Å²) in [5.74, 6) is 3.48. The zero-order valence-corrected chi connectivity index (χ0v) is 12.1. The van der Waals surface area contributed by atoms with Crippen molar-refractivity contribution in [3.63, 3.8) is 0 Å². The average Bonchev–Trinajstić information content (AvgIpc) is 2.67. The highest BCUT2D eigenvalue weighted by atomic mass is 32.2. The molecule has 2 rings (SSSR count). The number of hydrogen-bond donors (Lipinski definition) is 1. The van der Waals surface area contributed by atoms with Gasteiger partial charge in [0, 0.05) is 24.4 Å². The molecular formula is C14H28N2S. The van der Waals surface area contributed by atoms with Crippen LogP contribution < -0.4 is 5.73 Å². The van der Waals surface area contributed by atoms with Crippen LogP contribution in [-0.4, -0.2) is 41.6 Å². The molecule has 0 amide bonds. The SMILES string of the molecule is CCC1CCCCC1(CN)N1CCCSCC1. The van der Waals surface area contributed by atoms with Gasteiger partial charge in [0.1, 0.15) is 0 Å². The van der Waals surface area contributed by atoms with Gasteiger partial charge >= 0.3 is 0 Å². The molecule has 17 heavy (non-hydrogen) atoms. The fourth-order valence-corrected chi connectivity index (χ4v) is 4.77. The van der Waals surface area contributed by atoms with E-state index in [0.29, 0.717) is 5.54 Å². The monoisotopic (exact) mass is 256 g/mol. The van der Waals surface area contributed by atoms with E-state index < -0.39 is 0 Å². The predicted molar refractivity (Wildman–Crippen MR) is 77.5 cm³/mol. The number of rotatable bonds is 3. The highest BCUT2D eigenvalue weighted by Gasteiger charge is 2.43. The smallest absolute Gasteiger partial charge is 0.0360 e. The zero-order chi connectivity index (χ0) is 12.1. The number of nitrogens with two attached hydrogens (primary N) is 1. The van der Waals surface area contributed by atoms with Crippen molar-refractivity contribution in [1.29, 1.82) is 0 Å². The van der Waals surface area contributed by atoms with Crippen molar-refractivity contribution in [3.8, 4) is 0 Å². The number of thioether (sulfide) groups is 1. The van der Waals surface area contributed by atoms with Gasteiger partial charge in [-0.05, 0) is 37.5 Å². The minimum absolute atomic E-state index is 0.345. The van der Waals surface area contributed by atoms with Crippen molar-refractivity contribution < 1.29 is 0 Å². The Hall–Kier alpha value is 0.270.